The van der Waals surface area contributed by atoms with E-state index in [4.69, 9.17) is 42.2 Å². The summed E-state index contributed by atoms with van der Waals surface area (Å²) in [6.45, 7) is 8.36. The summed E-state index contributed by atoms with van der Waals surface area (Å²) in [5.41, 5.74) is 31.3. The first-order chi connectivity index (χ1) is 71.5. The number of hydrogen-bond donors (Lipinski definition) is 0. The van der Waals surface area contributed by atoms with Crippen LogP contribution in [0.2, 0.25) is 5.28 Å². The Morgan fingerprint density at radius 2 is 0.567 bits per heavy atom. The fourth-order valence-electron chi connectivity index (χ4n) is 19.6. The van der Waals surface area contributed by atoms with Gasteiger partial charge in [-0.15, -0.1) is 0 Å². The number of benzene rings is 18. The third kappa shape index (κ3) is 21.4. The summed E-state index contributed by atoms with van der Waals surface area (Å²) < 4.78 is 39.4. The molecule has 7 aromatic heterocycles. The molecule has 25 aromatic rings. The van der Waals surface area contributed by atoms with E-state index in [0.29, 0.717) is 11.9 Å². The summed E-state index contributed by atoms with van der Waals surface area (Å²) in [6.07, 6.45) is 1.08. The van der Waals surface area contributed by atoms with Gasteiger partial charge in [-0.2, -0.15) is 0 Å². The second-order valence-corrected chi connectivity index (χ2v) is 38.9. The van der Waals surface area contributed by atoms with Gasteiger partial charge in [0.15, 0.2) is 0 Å². The van der Waals surface area contributed by atoms with Crippen LogP contribution >= 0.6 is 43.5 Å². The number of halogens is 4. The Morgan fingerprint density at radius 3 is 0.980 bits per heavy atom. The van der Waals surface area contributed by atoms with Crippen molar-refractivity contribution in [2.75, 3.05) is 7.15 Å². The Hall–Kier alpha value is -15.4. The Bertz CT molecular complexity index is 8910. The smallest absolute Gasteiger partial charge is 1.00 e. The fraction of sp³-hybridized carbons (Fsp3) is 0.0909. The normalized spacial score (nSPS) is 12.3. The number of nitrogens with zero attached hydrogens (tertiary/aromatic N) is 10. The zero-order chi connectivity index (χ0) is 99.4. The summed E-state index contributed by atoms with van der Waals surface area (Å²) in [7, 11) is -1.36. The molecule has 1 saturated heterocycles. The first-order valence-corrected chi connectivity index (χ1v) is 50.1. The molecule has 8 heterocycles. The maximum Gasteiger partial charge on any atom is 1.00 e. The van der Waals surface area contributed by atoms with Gasteiger partial charge in [0.25, 0.3) is 0 Å². The molecule has 27 rings (SSSR count). The molecule has 2 aliphatic rings. The van der Waals surface area contributed by atoms with Crippen LogP contribution in [0.4, 0.5) is 4.39 Å². The van der Waals surface area contributed by atoms with Crippen LogP contribution < -0.4 is 35.0 Å². The fourth-order valence-corrected chi connectivity index (χ4v) is 20.5. The first-order valence-electron chi connectivity index (χ1n) is 48.9. The van der Waals surface area contributed by atoms with Gasteiger partial charge >= 0.3 is 36.7 Å². The van der Waals surface area contributed by atoms with E-state index in [-0.39, 0.29) is 84.3 Å². The molecule has 0 radical (unpaired) electrons. The minimum atomic E-state index is -1.00. The number of fused-ring (bicyclic) bond motifs is 15. The third-order valence-corrected chi connectivity index (χ3v) is 28.4. The van der Waals surface area contributed by atoms with Gasteiger partial charge in [0, 0.05) is 96.8 Å². The van der Waals surface area contributed by atoms with Crippen LogP contribution in [0, 0.1) is 0 Å². The van der Waals surface area contributed by atoms with Crippen LogP contribution in [0.15, 0.2) is 482 Å². The zero-order valence-electron chi connectivity index (χ0n) is 82.8. The van der Waals surface area contributed by atoms with Crippen LogP contribution in [0.5, 0.6) is 0 Å². The molecule has 0 unspecified atom stereocenters. The van der Waals surface area contributed by atoms with E-state index in [0.717, 1.165) is 133 Å². The van der Waals surface area contributed by atoms with E-state index in [2.05, 4.69) is 440 Å². The topological polar surface area (TPSA) is 116 Å². The Kier molecular flexibility index (Phi) is 32.4. The Balaban J connectivity index is 0.000000141. The average Bonchev–Trinajstić information content (AvgIpc) is 1.59. The molecule has 150 heavy (non-hydrogen) atoms. The first kappa shape index (κ1) is 105. The molecule has 0 atom stereocenters. The number of hydrogen-bond acceptors (Lipinski definition) is 8. The van der Waals surface area contributed by atoms with Gasteiger partial charge in [-0.1, -0.05) is 413 Å². The summed E-state index contributed by atoms with van der Waals surface area (Å²) in [5, 5.41) is 9.93. The molecule has 0 spiro atoms. The molecule has 12 nitrogen and oxygen atoms in total. The SMILES string of the molecule is Brc1ccc2c(c1)-c1ccccc1C2.Brc1ccc2c(c1)c1ccccc1n2-c1nc(-c2ccccc2)cc(-c2ccccc2)n1.C.C.C.C.CC1(C)OB(c2ccc3c4ccccc4n(-c4ccccc4)c3c2)OC1(C)C.Clc1nc(-c2ccccc2)cc(-c2ccccc2)n1.[2H]CF.[H-].[Na+].c1ccc(-c2cc(-c3ccccc3)nc(-n3c4ccccc4c4cc(-c5ccc6c7ccccc7n(-c7ccccc7)c6c5)ccc43)n2)cc1. The molecule has 1 aliphatic heterocycles. The number of aromatic nitrogens is 10. The summed E-state index contributed by atoms with van der Waals surface area (Å²) in [4.78, 5) is 29.0. The monoisotopic (exact) mass is 2120 g/mol. The predicted molar refractivity (Wildman–Crippen MR) is 634 cm³/mol. The average molecular weight is 2120 g/mol. The van der Waals surface area contributed by atoms with Gasteiger partial charge in [-0.05, 0) is 206 Å². The van der Waals surface area contributed by atoms with Crippen molar-refractivity contribution >= 4 is 143 Å². The van der Waals surface area contributed by atoms with Gasteiger partial charge < -0.3 is 19.9 Å². The van der Waals surface area contributed by atoms with Gasteiger partial charge in [0.2, 0.25) is 17.2 Å². The molecule has 0 bridgehead atoms. The van der Waals surface area contributed by atoms with Crippen molar-refractivity contribution in [2.24, 2.45) is 0 Å². The van der Waals surface area contributed by atoms with Gasteiger partial charge in [0.1, 0.15) is 0 Å². The summed E-state index contributed by atoms with van der Waals surface area (Å²) in [5.74, 6) is 1.32. The van der Waals surface area contributed by atoms with Crippen molar-refractivity contribution in [3.8, 4) is 113 Å². The molecular weight excluding hydrogens is 2010 g/mol. The molecule has 18 aromatic carbocycles. The van der Waals surface area contributed by atoms with Crippen molar-refractivity contribution < 1.29 is 46.1 Å². The molecule has 18 heteroatoms. The van der Waals surface area contributed by atoms with Gasteiger partial charge in [0.05, 0.1) is 98.0 Å². The molecule has 1 fully saturated rings. The minimum Gasteiger partial charge on any atom is -1.00 e. The van der Waals surface area contributed by atoms with E-state index in [1.165, 1.54) is 87.6 Å². The van der Waals surface area contributed by atoms with Crippen LogP contribution in [-0.2, 0) is 15.7 Å². The molecule has 1 aliphatic carbocycles. The second-order valence-electron chi connectivity index (χ2n) is 36.7. The van der Waals surface area contributed by atoms with E-state index in [1.807, 2.05) is 121 Å². The predicted octanol–water partition coefficient (Wildman–Crippen LogP) is 33.2. The largest absolute Gasteiger partial charge is 1.00 e. The van der Waals surface area contributed by atoms with Crippen LogP contribution in [0.3, 0.4) is 0 Å². The molecule has 0 N–H and O–H groups in total. The third-order valence-electron chi connectivity index (χ3n) is 27.3. The van der Waals surface area contributed by atoms with E-state index < -0.39 is 7.15 Å². The Morgan fingerprint density at radius 1 is 0.280 bits per heavy atom. The van der Waals surface area contributed by atoms with Crippen molar-refractivity contribution in [2.45, 2.75) is 75.0 Å². The number of alkyl halides is 1. The molecule has 734 valence electrons. The molecule has 0 amide bonds. The van der Waals surface area contributed by atoms with E-state index >= 15 is 0 Å². The van der Waals surface area contributed by atoms with Crippen molar-refractivity contribution in [1.82, 2.24) is 48.2 Å². The van der Waals surface area contributed by atoms with Gasteiger partial charge in [-0.3, -0.25) is 13.5 Å². The van der Waals surface area contributed by atoms with Crippen LogP contribution in [0.25, 0.3) is 200 Å². The maximum atomic E-state index is 9.96. The number of para-hydroxylation sites is 6. The Labute approximate surface area is 923 Å². The molecular formula is C132H112BBr2ClFN10NaO2. The van der Waals surface area contributed by atoms with Gasteiger partial charge in [-0.25, -0.2) is 29.9 Å². The quantitative estimate of drug-likeness (QED) is 0.0877. The van der Waals surface area contributed by atoms with Crippen molar-refractivity contribution in [1.29, 1.82) is 0 Å². The van der Waals surface area contributed by atoms with Crippen molar-refractivity contribution in [3.05, 3.63) is 499 Å². The number of rotatable bonds is 12. The summed E-state index contributed by atoms with van der Waals surface area (Å²) in [6, 6.07) is 164. The van der Waals surface area contributed by atoms with E-state index in [1.54, 1.807) is 0 Å². The van der Waals surface area contributed by atoms with Crippen LogP contribution in [-0.4, -0.2) is 73.6 Å². The van der Waals surface area contributed by atoms with Crippen LogP contribution in [0.1, 0.15) is 71.3 Å². The summed E-state index contributed by atoms with van der Waals surface area (Å²) >= 11 is 13.2. The standard InChI is InChI=1S/C46H30N4.C28H18BrN3.C24H24BNO2.C16H11ClN2.C13H9Br.CH3F.4CH4.Na.H/c1-4-14-31(15-5-1)40-30-41(32-16-6-2-7-17-32)48-46(47-40)50-43-23-13-11-21-37(43)39-28-33(25-27-44(39)50)34-24-26-38-36-20-10-12-22-42(36)49(45(38)29-34)35-18-8-3-9-19-35;29-21-15-16-27-23(17-21)22-13-7-8-14-26(22)32(27)28-30-24(19-9-3-1-4-10-19)18-25(31-28)20-11-5-2-6-12-20;1-23(2)24(3,4)28-25(27-23)17-14-15-20-19-12-8-9-13-21(19)26(22(20)16-17)18-10-6-5-7-11-18;17-16-18-14(12-7-3-1-4-8-12)11-15(19-16)13-9-5-2-6-10-13;14-11-6-5-10-7-9-3-1-2-4-12(9)13(10)8-11;1-2;;;;;;/h1-30H;1-18H;5-16H,1-4H3;1-11H;1-6,8H,7H2;1H3;4*1H4;;/q;;;;;;;;;;+1;-1/i;;;;;1D;;;;;;. The zero-order valence-corrected chi connectivity index (χ0v) is 86.8. The minimum absolute atomic E-state index is 0. The maximum absolute atomic E-state index is 9.96. The van der Waals surface area contributed by atoms with Crippen molar-refractivity contribution in [3.63, 3.8) is 0 Å². The second kappa shape index (κ2) is 46.5. The van der Waals surface area contributed by atoms with E-state index in [9.17, 15) is 4.39 Å². The molecule has 0 saturated carbocycles.